The van der Waals surface area contributed by atoms with Gasteiger partial charge < -0.3 is 20.8 Å². The molecule has 0 unspecified atom stereocenters. The van der Waals surface area contributed by atoms with E-state index in [0.717, 1.165) is 13.0 Å². The number of nitrogens with zero attached hydrogens (tertiary/aromatic N) is 2. The molecule has 2 rings (SSSR count). The lowest BCUT2D eigenvalue weighted by atomic mass is 10.1. The molecular formula is C13H16N4O2. The van der Waals surface area contributed by atoms with Crippen LogP contribution in [-0.2, 0) is 6.54 Å². The summed E-state index contributed by atoms with van der Waals surface area (Å²) in [5.41, 5.74) is 11.7. The van der Waals surface area contributed by atoms with Gasteiger partial charge in [0.05, 0.1) is 18.5 Å². The Bertz CT molecular complexity index is 552. The fourth-order valence-corrected chi connectivity index (χ4v) is 1.71. The fraction of sp³-hybridized carbons (Fsp3) is 0.231. The van der Waals surface area contributed by atoms with Crippen molar-refractivity contribution in [2.24, 2.45) is 5.73 Å². The minimum atomic E-state index is -0.545. The molecule has 100 valence electrons. The SMILES string of the molecule is NC(=O)c1cc(N)ccc1OCCCn1ccnc1. The van der Waals surface area contributed by atoms with Crippen LogP contribution >= 0.6 is 0 Å². The van der Waals surface area contributed by atoms with Crippen molar-refractivity contribution in [1.82, 2.24) is 9.55 Å². The Morgan fingerprint density at radius 1 is 1.42 bits per heavy atom. The lowest BCUT2D eigenvalue weighted by molar-refractivity contribution is 0.0996. The molecular weight excluding hydrogens is 244 g/mol. The number of imidazole rings is 1. The number of hydrogen-bond acceptors (Lipinski definition) is 4. The summed E-state index contributed by atoms with van der Waals surface area (Å²) in [6.07, 6.45) is 6.17. The quantitative estimate of drug-likeness (QED) is 0.599. The normalized spacial score (nSPS) is 10.3. The van der Waals surface area contributed by atoms with Gasteiger partial charge in [0.25, 0.3) is 5.91 Å². The molecule has 19 heavy (non-hydrogen) atoms. The van der Waals surface area contributed by atoms with Crippen LogP contribution in [0.1, 0.15) is 16.8 Å². The number of benzene rings is 1. The van der Waals surface area contributed by atoms with Crippen molar-refractivity contribution in [2.45, 2.75) is 13.0 Å². The Hall–Kier alpha value is -2.50. The second-order valence-corrected chi connectivity index (χ2v) is 4.12. The van der Waals surface area contributed by atoms with E-state index in [2.05, 4.69) is 4.98 Å². The summed E-state index contributed by atoms with van der Waals surface area (Å²) >= 11 is 0. The first-order chi connectivity index (χ1) is 9.16. The zero-order valence-corrected chi connectivity index (χ0v) is 10.5. The van der Waals surface area contributed by atoms with Crippen molar-refractivity contribution in [1.29, 1.82) is 0 Å². The van der Waals surface area contributed by atoms with Crippen LogP contribution in [0, 0.1) is 0 Å². The van der Waals surface area contributed by atoms with Crippen LogP contribution in [0.3, 0.4) is 0 Å². The number of aryl methyl sites for hydroxylation is 1. The summed E-state index contributed by atoms with van der Waals surface area (Å²) in [5.74, 6) is -0.0794. The van der Waals surface area contributed by atoms with E-state index in [9.17, 15) is 4.79 Å². The second kappa shape index (κ2) is 5.90. The first kappa shape index (κ1) is 12.9. The van der Waals surface area contributed by atoms with Crippen molar-refractivity contribution in [3.05, 3.63) is 42.5 Å². The number of aromatic nitrogens is 2. The monoisotopic (exact) mass is 260 g/mol. The van der Waals surface area contributed by atoms with Crippen molar-refractivity contribution in [3.8, 4) is 5.75 Å². The molecule has 0 saturated heterocycles. The van der Waals surface area contributed by atoms with E-state index in [1.807, 2.05) is 10.8 Å². The molecule has 1 aromatic heterocycles. The lowest BCUT2D eigenvalue weighted by Gasteiger charge is -2.10. The Kier molecular flexibility index (Phi) is 4.02. The summed E-state index contributed by atoms with van der Waals surface area (Å²) in [6.45, 7) is 1.29. The van der Waals surface area contributed by atoms with Gasteiger partial charge in [-0.25, -0.2) is 4.98 Å². The molecule has 0 aliphatic heterocycles. The summed E-state index contributed by atoms with van der Waals surface area (Å²) in [4.78, 5) is 15.2. The molecule has 0 aliphatic rings. The van der Waals surface area contributed by atoms with Crippen LogP contribution < -0.4 is 16.2 Å². The van der Waals surface area contributed by atoms with E-state index in [4.69, 9.17) is 16.2 Å². The molecule has 1 amide bonds. The first-order valence-corrected chi connectivity index (χ1v) is 5.94. The van der Waals surface area contributed by atoms with Crippen molar-refractivity contribution >= 4 is 11.6 Å². The Balaban J connectivity index is 1.90. The lowest BCUT2D eigenvalue weighted by Crippen LogP contribution is -2.14. The number of nitrogens with two attached hydrogens (primary N) is 2. The smallest absolute Gasteiger partial charge is 0.252 e. The third-order valence-corrected chi connectivity index (χ3v) is 2.65. The highest BCUT2D eigenvalue weighted by Gasteiger charge is 2.09. The minimum absolute atomic E-state index is 0.308. The molecule has 0 radical (unpaired) electrons. The highest BCUT2D eigenvalue weighted by atomic mass is 16.5. The number of ether oxygens (including phenoxy) is 1. The van der Waals surface area contributed by atoms with Crippen molar-refractivity contribution < 1.29 is 9.53 Å². The molecule has 0 saturated carbocycles. The number of carbonyl (C=O) groups excluding carboxylic acids is 1. The number of anilines is 1. The maximum Gasteiger partial charge on any atom is 0.252 e. The van der Waals surface area contributed by atoms with Gasteiger partial charge in [-0.1, -0.05) is 0 Å². The Morgan fingerprint density at radius 3 is 2.95 bits per heavy atom. The molecule has 1 heterocycles. The Labute approximate surface area is 111 Å². The van der Waals surface area contributed by atoms with E-state index in [-0.39, 0.29) is 0 Å². The number of amides is 1. The minimum Gasteiger partial charge on any atom is -0.493 e. The standard InChI is InChI=1S/C13H16N4O2/c14-10-2-3-12(11(8-10)13(15)18)19-7-1-5-17-6-4-16-9-17/h2-4,6,8-9H,1,5,7,14H2,(H2,15,18). The van der Waals surface area contributed by atoms with Gasteiger partial charge in [-0.15, -0.1) is 0 Å². The fourth-order valence-electron chi connectivity index (χ4n) is 1.71. The summed E-state index contributed by atoms with van der Waals surface area (Å²) < 4.78 is 7.52. The average molecular weight is 260 g/mol. The molecule has 4 N–H and O–H groups in total. The van der Waals surface area contributed by atoms with Gasteiger partial charge in [-0.3, -0.25) is 4.79 Å². The zero-order chi connectivity index (χ0) is 13.7. The average Bonchev–Trinajstić information content (AvgIpc) is 2.89. The molecule has 6 heteroatoms. The van der Waals surface area contributed by atoms with Gasteiger partial charge in [-0.2, -0.15) is 0 Å². The summed E-state index contributed by atoms with van der Waals surface area (Å²) in [7, 11) is 0. The summed E-state index contributed by atoms with van der Waals surface area (Å²) in [6, 6.07) is 4.86. The maximum atomic E-state index is 11.3. The van der Waals surface area contributed by atoms with Crippen LogP contribution in [-0.4, -0.2) is 22.1 Å². The van der Waals surface area contributed by atoms with Crippen LogP contribution in [0.15, 0.2) is 36.9 Å². The van der Waals surface area contributed by atoms with E-state index in [1.165, 1.54) is 6.07 Å². The highest BCUT2D eigenvalue weighted by molar-refractivity contribution is 5.96. The molecule has 0 fully saturated rings. The van der Waals surface area contributed by atoms with Gasteiger partial charge in [0.15, 0.2) is 0 Å². The molecule has 2 aromatic rings. The first-order valence-electron chi connectivity index (χ1n) is 5.94. The largest absolute Gasteiger partial charge is 0.493 e. The molecule has 0 spiro atoms. The van der Waals surface area contributed by atoms with E-state index in [1.54, 1.807) is 24.7 Å². The third kappa shape index (κ3) is 3.48. The second-order valence-electron chi connectivity index (χ2n) is 4.12. The number of rotatable bonds is 6. The molecule has 1 aromatic carbocycles. The van der Waals surface area contributed by atoms with Gasteiger partial charge in [0, 0.05) is 24.6 Å². The van der Waals surface area contributed by atoms with Gasteiger partial charge in [-0.05, 0) is 24.6 Å². The number of hydrogen-bond donors (Lipinski definition) is 2. The topological polar surface area (TPSA) is 96.2 Å². The molecule has 6 nitrogen and oxygen atoms in total. The van der Waals surface area contributed by atoms with Crippen LogP contribution in [0.2, 0.25) is 0 Å². The van der Waals surface area contributed by atoms with E-state index >= 15 is 0 Å². The van der Waals surface area contributed by atoms with Gasteiger partial charge in [0.1, 0.15) is 5.75 Å². The van der Waals surface area contributed by atoms with Crippen LogP contribution in [0.25, 0.3) is 0 Å². The predicted octanol–water partition coefficient (Wildman–Crippen LogP) is 1.03. The maximum absolute atomic E-state index is 11.3. The molecule has 0 atom stereocenters. The molecule has 0 aliphatic carbocycles. The van der Waals surface area contributed by atoms with Crippen LogP contribution in [0.4, 0.5) is 5.69 Å². The Morgan fingerprint density at radius 2 is 2.26 bits per heavy atom. The summed E-state index contributed by atoms with van der Waals surface area (Å²) in [5, 5.41) is 0. The van der Waals surface area contributed by atoms with Crippen molar-refractivity contribution in [3.63, 3.8) is 0 Å². The molecule has 0 bridgehead atoms. The number of carbonyl (C=O) groups is 1. The van der Waals surface area contributed by atoms with Gasteiger partial charge >= 0.3 is 0 Å². The van der Waals surface area contributed by atoms with Crippen LogP contribution in [0.5, 0.6) is 5.75 Å². The number of primary amides is 1. The predicted molar refractivity (Wildman–Crippen MR) is 71.7 cm³/mol. The van der Waals surface area contributed by atoms with Crippen molar-refractivity contribution in [2.75, 3.05) is 12.3 Å². The highest BCUT2D eigenvalue weighted by Crippen LogP contribution is 2.21. The van der Waals surface area contributed by atoms with Gasteiger partial charge in [0.2, 0.25) is 0 Å². The zero-order valence-electron chi connectivity index (χ0n) is 10.5. The van der Waals surface area contributed by atoms with E-state index < -0.39 is 5.91 Å². The third-order valence-electron chi connectivity index (χ3n) is 2.65. The number of nitrogen functional groups attached to an aromatic ring is 1. The van der Waals surface area contributed by atoms with E-state index in [0.29, 0.717) is 23.6 Å².